The quantitative estimate of drug-likeness (QED) is 0.181. The average molecular weight is 479 g/mol. The summed E-state index contributed by atoms with van der Waals surface area (Å²) >= 11 is 1.01. The molecule has 1 atom stereocenters. The lowest BCUT2D eigenvalue weighted by Crippen LogP contribution is -2.23. The summed E-state index contributed by atoms with van der Waals surface area (Å²) in [5.41, 5.74) is 7.89. The number of hydrogen-bond donors (Lipinski definition) is 4. The number of nitroso groups, excluding NO2 is 1. The highest BCUT2D eigenvalue weighted by Gasteiger charge is 2.19. The number of anilines is 2. The second kappa shape index (κ2) is 9.41. The molecule has 1 unspecified atom stereocenters. The highest BCUT2D eigenvalue weighted by molar-refractivity contribution is 7.10. The Morgan fingerprint density at radius 1 is 1.26 bits per heavy atom. The van der Waals surface area contributed by atoms with Crippen molar-refractivity contribution in [3.05, 3.63) is 80.6 Å². The lowest BCUT2D eigenvalue weighted by molar-refractivity contribution is 0.0965. The fraction of sp³-hybridized carbons (Fsp3) is 0.174. The Hall–Kier alpha value is -4.09. The number of amidine groups is 1. The number of aryl methyl sites for hydroxylation is 1. The van der Waals surface area contributed by atoms with E-state index in [1.807, 2.05) is 31.2 Å². The molecule has 11 heteroatoms. The van der Waals surface area contributed by atoms with E-state index < -0.39 is 11.7 Å². The molecule has 4 aromatic rings. The normalized spacial score (nSPS) is 12.6. The monoisotopic (exact) mass is 478 g/mol. The predicted octanol–water partition coefficient (Wildman–Crippen LogP) is 3.62. The summed E-state index contributed by atoms with van der Waals surface area (Å²) < 4.78 is 4.06. The molecule has 5 N–H and O–H groups in total. The van der Waals surface area contributed by atoms with Gasteiger partial charge in [0.1, 0.15) is 22.1 Å². The minimum atomic E-state index is -0.708. The first-order valence-electron chi connectivity index (χ1n) is 10.3. The van der Waals surface area contributed by atoms with Crippen LogP contribution >= 0.6 is 11.5 Å². The molecule has 10 nitrogen and oxygen atoms in total. The largest absolute Gasteiger partial charge is 0.391 e. The summed E-state index contributed by atoms with van der Waals surface area (Å²) in [6, 6.07) is 12.1. The Kier molecular flexibility index (Phi) is 6.39. The van der Waals surface area contributed by atoms with Crippen molar-refractivity contribution in [1.82, 2.24) is 8.94 Å². The number of benzene rings is 2. The van der Waals surface area contributed by atoms with E-state index in [1.165, 1.54) is 16.7 Å². The van der Waals surface area contributed by atoms with Gasteiger partial charge in [-0.05, 0) is 66.5 Å². The van der Waals surface area contributed by atoms with Gasteiger partial charge < -0.3 is 16.2 Å². The van der Waals surface area contributed by atoms with Gasteiger partial charge in [-0.3, -0.25) is 23.5 Å². The number of aromatic amines is 1. The van der Waals surface area contributed by atoms with E-state index in [-0.39, 0.29) is 35.1 Å². The number of nitrogens with two attached hydrogens (primary N) is 1. The van der Waals surface area contributed by atoms with Gasteiger partial charge in [0.15, 0.2) is 0 Å². The number of nitrogens with one attached hydrogen (secondary N) is 2. The number of carbonyl (C=O) groups excluding carboxylic acids is 1. The summed E-state index contributed by atoms with van der Waals surface area (Å²) in [5, 5.41) is 16.8. The topological polar surface area (TPSA) is 155 Å². The third-order valence-electron chi connectivity index (χ3n) is 5.13. The first-order valence-corrected chi connectivity index (χ1v) is 11.2. The molecule has 0 saturated carbocycles. The van der Waals surface area contributed by atoms with E-state index in [0.29, 0.717) is 10.7 Å². The number of carbonyl (C=O) groups is 1. The highest BCUT2D eigenvalue weighted by atomic mass is 32.1. The van der Waals surface area contributed by atoms with E-state index in [9.17, 15) is 19.6 Å². The molecule has 4 rings (SSSR count). The Labute approximate surface area is 197 Å². The molecule has 0 aliphatic carbocycles. The Balaban J connectivity index is 1.66. The van der Waals surface area contributed by atoms with Crippen LogP contribution in [-0.2, 0) is 0 Å². The molecule has 34 heavy (non-hydrogen) atoms. The minimum Gasteiger partial charge on any atom is -0.391 e. The molecule has 0 radical (unpaired) electrons. The van der Waals surface area contributed by atoms with Crippen molar-refractivity contribution in [2.24, 2.45) is 15.9 Å². The predicted molar refractivity (Wildman–Crippen MR) is 134 cm³/mol. The van der Waals surface area contributed by atoms with Gasteiger partial charge >= 0.3 is 0 Å². The molecule has 0 spiro atoms. The third kappa shape index (κ3) is 4.51. The second-order valence-electron chi connectivity index (χ2n) is 7.81. The molecule has 2 heterocycles. The molecule has 0 saturated heterocycles. The van der Waals surface area contributed by atoms with E-state index in [0.717, 1.165) is 28.0 Å². The van der Waals surface area contributed by atoms with Crippen LogP contribution in [0.1, 0.15) is 28.4 Å². The maximum Gasteiger partial charge on any atom is 0.271 e. The first kappa shape index (κ1) is 23.1. The van der Waals surface area contributed by atoms with Crippen molar-refractivity contribution in [2.45, 2.75) is 20.0 Å². The number of aliphatic hydroxyl groups is 1. The molecule has 2 aromatic carbocycles. The number of aliphatic imine (C=N–C) groups is 1. The fourth-order valence-corrected chi connectivity index (χ4v) is 4.24. The Bertz CT molecular complexity index is 1480. The van der Waals surface area contributed by atoms with Gasteiger partial charge in [-0.25, -0.2) is 0 Å². The van der Waals surface area contributed by atoms with Gasteiger partial charge in [0.25, 0.3) is 11.5 Å². The summed E-state index contributed by atoms with van der Waals surface area (Å²) in [6.07, 6.45) is 0.951. The molecule has 0 aliphatic rings. The van der Waals surface area contributed by atoms with Crippen molar-refractivity contribution in [2.75, 3.05) is 11.9 Å². The van der Waals surface area contributed by atoms with Crippen LogP contribution in [0.25, 0.3) is 10.9 Å². The molecule has 174 valence electrons. The van der Waals surface area contributed by atoms with Crippen LogP contribution in [-0.4, -0.2) is 38.4 Å². The van der Waals surface area contributed by atoms with Crippen molar-refractivity contribution >= 4 is 50.6 Å². The van der Waals surface area contributed by atoms with Gasteiger partial charge in [-0.2, -0.15) is 0 Å². The van der Waals surface area contributed by atoms with Crippen molar-refractivity contribution in [3.63, 3.8) is 0 Å². The zero-order chi connectivity index (χ0) is 24.4. The van der Waals surface area contributed by atoms with Crippen LogP contribution in [0.2, 0.25) is 0 Å². The molecule has 2 aromatic heterocycles. The van der Waals surface area contributed by atoms with E-state index in [1.54, 1.807) is 19.2 Å². The fourth-order valence-electron chi connectivity index (χ4n) is 3.47. The van der Waals surface area contributed by atoms with Gasteiger partial charge in [-0.15, -0.1) is 4.91 Å². The zero-order valence-corrected chi connectivity index (χ0v) is 19.2. The third-order valence-corrected chi connectivity index (χ3v) is 5.93. The Morgan fingerprint density at radius 2 is 2.06 bits per heavy atom. The van der Waals surface area contributed by atoms with E-state index in [2.05, 4.69) is 19.9 Å². The lowest BCUT2D eigenvalue weighted by Gasteiger charge is -2.10. The smallest absolute Gasteiger partial charge is 0.271 e. The summed E-state index contributed by atoms with van der Waals surface area (Å²) in [6.45, 7) is 3.54. The van der Waals surface area contributed by atoms with E-state index in [4.69, 9.17) is 5.73 Å². The molecular weight excluding hydrogens is 456 g/mol. The summed E-state index contributed by atoms with van der Waals surface area (Å²) in [4.78, 5) is 41.1. The Morgan fingerprint density at radius 3 is 2.79 bits per heavy atom. The van der Waals surface area contributed by atoms with Crippen LogP contribution in [0, 0.1) is 11.8 Å². The zero-order valence-electron chi connectivity index (χ0n) is 18.4. The van der Waals surface area contributed by atoms with Crippen LogP contribution in [0.3, 0.4) is 0 Å². The molecular formula is C23H22N6O4S. The highest BCUT2D eigenvalue weighted by Crippen LogP contribution is 2.30. The molecule has 0 bridgehead atoms. The van der Waals surface area contributed by atoms with Gasteiger partial charge in [0, 0.05) is 17.3 Å². The molecule has 0 fully saturated rings. The lowest BCUT2D eigenvalue weighted by atomic mass is 10.1. The van der Waals surface area contributed by atoms with Crippen LogP contribution in [0.5, 0.6) is 0 Å². The van der Waals surface area contributed by atoms with Crippen LogP contribution < -0.4 is 16.6 Å². The van der Waals surface area contributed by atoms with Crippen LogP contribution in [0.15, 0.2) is 63.6 Å². The van der Waals surface area contributed by atoms with Crippen LogP contribution in [0.4, 0.5) is 16.4 Å². The van der Waals surface area contributed by atoms with Crippen molar-refractivity contribution < 1.29 is 9.90 Å². The van der Waals surface area contributed by atoms with Crippen molar-refractivity contribution in [1.29, 1.82) is 0 Å². The van der Waals surface area contributed by atoms with Gasteiger partial charge in [-0.1, -0.05) is 12.1 Å². The summed E-state index contributed by atoms with van der Waals surface area (Å²) in [7, 11) is 0. The number of aliphatic hydroxyl groups excluding tert-OH is 1. The number of fused-ring (bicyclic) bond motifs is 1. The van der Waals surface area contributed by atoms with Crippen molar-refractivity contribution in [3.8, 4) is 0 Å². The average Bonchev–Trinajstić information content (AvgIpc) is 3.39. The number of hydrogen-bond acceptors (Lipinski definition) is 8. The summed E-state index contributed by atoms with van der Waals surface area (Å²) in [5.74, 6) is -0.413. The van der Waals surface area contributed by atoms with E-state index >= 15 is 0 Å². The maximum atomic E-state index is 13.2. The first-order chi connectivity index (χ1) is 16.3. The number of H-pyrrole nitrogens is 1. The standard InChI is InChI=1S/C23H22N6O4S/c1-12-3-4-14-7-8-29(18(14)9-12)23(32)16-6-5-15(10-17(16)27-33)26-22-19(21(31)28-34-22)20(24)25-11-13(2)30/h3-10,13,26,30H,11H2,1-2H3,(H2,24,25)(H,28,31). The van der Waals surface area contributed by atoms with Gasteiger partial charge in [0.2, 0.25) is 0 Å². The molecule has 0 amide bonds. The number of aromatic nitrogens is 2. The number of nitrogens with zero attached hydrogens (tertiary/aromatic N) is 3. The maximum absolute atomic E-state index is 13.2. The minimum absolute atomic E-state index is 0.0267. The second-order valence-corrected chi connectivity index (χ2v) is 8.63. The SMILES string of the molecule is Cc1ccc2ccn(C(=O)c3ccc(Nc4s[nH]c(=O)c4C(N)=NCC(C)O)cc3N=O)c2c1. The molecule has 0 aliphatic heterocycles. The van der Waals surface area contributed by atoms with Gasteiger partial charge in [0.05, 0.1) is 23.7 Å². The number of rotatable bonds is 7.